The number of carbonyl (C=O) groups excluding carboxylic acids is 2. The number of hydrogen-bond acceptors (Lipinski definition) is 6. The number of nitrogens with one attached hydrogen (secondary N) is 2. The molecule has 0 saturated carbocycles. The minimum Gasteiger partial charge on any atom is -0.488 e. The largest absolute Gasteiger partial charge is 0.488 e. The maximum atomic E-state index is 12.7. The van der Waals surface area contributed by atoms with Crippen molar-refractivity contribution in [2.24, 2.45) is 0 Å². The van der Waals surface area contributed by atoms with E-state index in [0.717, 1.165) is 4.88 Å². The summed E-state index contributed by atoms with van der Waals surface area (Å²) in [5.41, 5.74) is 5.08. The molecule has 1 aromatic heterocycles. The Morgan fingerprint density at radius 3 is 2.15 bits per heavy atom. The second-order valence-corrected chi connectivity index (χ2v) is 9.89. The van der Waals surface area contributed by atoms with Gasteiger partial charge in [-0.15, -0.1) is 11.3 Å². The van der Waals surface area contributed by atoms with Crippen molar-refractivity contribution in [2.75, 3.05) is 13.1 Å². The van der Waals surface area contributed by atoms with E-state index in [2.05, 4.69) is 10.9 Å². The molecule has 2 amide bonds. The summed E-state index contributed by atoms with van der Waals surface area (Å²) in [5.74, 6) is -0.640. The van der Waals surface area contributed by atoms with Crippen LogP contribution in [0.3, 0.4) is 0 Å². The van der Waals surface area contributed by atoms with Gasteiger partial charge in [0.25, 0.3) is 11.8 Å². The SMILES string of the molecule is CCN(CC)S(=O)(=O)c1cccc(C(=O)NNC(=O)c2cccc(OCc3cccs3)c2)c1. The lowest BCUT2D eigenvalue weighted by Gasteiger charge is -2.18. The van der Waals surface area contributed by atoms with Crippen molar-refractivity contribution in [3.05, 3.63) is 82.0 Å². The summed E-state index contributed by atoms with van der Waals surface area (Å²) in [7, 11) is -3.71. The monoisotopic (exact) mass is 487 g/mol. The first-order chi connectivity index (χ1) is 15.8. The third-order valence-electron chi connectivity index (χ3n) is 4.79. The number of sulfonamides is 1. The van der Waals surface area contributed by atoms with Gasteiger partial charge in [0, 0.05) is 29.1 Å². The van der Waals surface area contributed by atoms with Crippen molar-refractivity contribution in [3.8, 4) is 5.75 Å². The van der Waals surface area contributed by atoms with Crippen LogP contribution in [0.1, 0.15) is 39.4 Å². The third-order valence-corrected chi connectivity index (χ3v) is 7.68. The summed E-state index contributed by atoms with van der Waals surface area (Å²) in [6, 6.07) is 16.2. The second-order valence-electron chi connectivity index (χ2n) is 6.92. The molecule has 3 rings (SSSR count). The van der Waals surface area contributed by atoms with E-state index in [0.29, 0.717) is 31.0 Å². The molecule has 10 heteroatoms. The topological polar surface area (TPSA) is 105 Å². The number of benzene rings is 2. The van der Waals surface area contributed by atoms with Crippen LogP contribution in [0.15, 0.2) is 70.9 Å². The van der Waals surface area contributed by atoms with Gasteiger partial charge < -0.3 is 4.74 Å². The minimum atomic E-state index is -3.71. The van der Waals surface area contributed by atoms with Gasteiger partial charge in [-0.25, -0.2) is 8.42 Å². The highest BCUT2D eigenvalue weighted by Crippen LogP contribution is 2.18. The molecule has 0 spiro atoms. The van der Waals surface area contributed by atoms with E-state index in [1.54, 1.807) is 49.4 Å². The molecule has 0 atom stereocenters. The van der Waals surface area contributed by atoms with Gasteiger partial charge in [0.1, 0.15) is 12.4 Å². The van der Waals surface area contributed by atoms with E-state index in [1.165, 1.54) is 28.6 Å². The zero-order valence-corrected chi connectivity index (χ0v) is 19.9. The summed E-state index contributed by atoms with van der Waals surface area (Å²) in [4.78, 5) is 26.1. The first-order valence-electron chi connectivity index (χ1n) is 10.3. The Kier molecular flexibility index (Phi) is 8.21. The lowest BCUT2D eigenvalue weighted by Crippen LogP contribution is -2.41. The average molecular weight is 488 g/mol. The molecule has 1 heterocycles. The number of rotatable bonds is 9. The molecule has 0 aliphatic carbocycles. The van der Waals surface area contributed by atoms with Crippen LogP contribution in [0.25, 0.3) is 0 Å². The Hall–Kier alpha value is -3.21. The molecule has 2 N–H and O–H groups in total. The fourth-order valence-corrected chi connectivity index (χ4v) is 5.16. The van der Waals surface area contributed by atoms with Crippen LogP contribution < -0.4 is 15.6 Å². The molecule has 0 aliphatic rings. The zero-order valence-electron chi connectivity index (χ0n) is 18.3. The molecule has 0 bridgehead atoms. The second kappa shape index (κ2) is 11.1. The summed E-state index contributed by atoms with van der Waals surface area (Å²) in [6.07, 6.45) is 0. The van der Waals surface area contributed by atoms with Crippen molar-refractivity contribution in [2.45, 2.75) is 25.3 Å². The molecule has 8 nitrogen and oxygen atoms in total. The van der Waals surface area contributed by atoms with Gasteiger partial charge in [-0.05, 0) is 47.8 Å². The Morgan fingerprint density at radius 2 is 1.55 bits per heavy atom. The summed E-state index contributed by atoms with van der Waals surface area (Å²) >= 11 is 1.58. The highest BCUT2D eigenvalue weighted by molar-refractivity contribution is 7.89. The molecular formula is C23H25N3O5S2. The van der Waals surface area contributed by atoms with E-state index in [-0.39, 0.29) is 10.5 Å². The highest BCUT2D eigenvalue weighted by Gasteiger charge is 2.22. The van der Waals surface area contributed by atoms with Gasteiger partial charge in [-0.1, -0.05) is 32.0 Å². The van der Waals surface area contributed by atoms with E-state index < -0.39 is 21.8 Å². The van der Waals surface area contributed by atoms with Gasteiger partial charge in [0.2, 0.25) is 10.0 Å². The summed E-state index contributed by atoms with van der Waals surface area (Å²) in [6.45, 7) is 4.53. The van der Waals surface area contributed by atoms with Gasteiger partial charge in [-0.3, -0.25) is 20.4 Å². The fraction of sp³-hybridized carbons (Fsp3) is 0.217. The van der Waals surface area contributed by atoms with E-state index in [9.17, 15) is 18.0 Å². The van der Waals surface area contributed by atoms with Crippen LogP contribution >= 0.6 is 11.3 Å². The van der Waals surface area contributed by atoms with Gasteiger partial charge in [-0.2, -0.15) is 4.31 Å². The van der Waals surface area contributed by atoms with Crippen LogP contribution in [-0.2, 0) is 16.6 Å². The zero-order chi connectivity index (χ0) is 23.8. The number of thiophene rings is 1. The van der Waals surface area contributed by atoms with Crippen LogP contribution in [-0.4, -0.2) is 37.6 Å². The lowest BCUT2D eigenvalue weighted by molar-refractivity contribution is 0.0846. The molecule has 33 heavy (non-hydrogen) atoms. The fourth-order valence-electron chi connectivity index (χ4n) is 3.04. The number of ether oxygens (including phenoxy) is 1. The number of carbonyl (C=O) groups is 2. The number of hydrazine groups is 1. The smallest absolute Gasteiger partial charge is 0.269 e. The van der Waals surface area contributed by atoms with E-state index in [4.69, 9.17) is 4.74 Å². The maximum Gasteiger partial charge on any atom is 0.269 e. The summed E-state index contributed by atoms with van der Waals surface area (Å²) < 4.78 is 32.4. The molecule has 3 aromatic rings. The molecule has 0 radical (unpaired) electrons. The quantitative estimate of drug-likeness (QED) is 0.450. The van der Waals surface area contributed by atoms with E-state index >= 15 is 0 Å². The minimum absolute atomic E-state index is 0.0146. The Bertz CT molecular complexity index is 1210. The number of hydrogen-bond donors (Lipinski definition) is 2. The van der Waals surface area contributed by atoms with Crippen LogP contribution in [0.2, 0.25) is 0 Å². The molecular weight excluding hydrogens is 462 g/mol. The van der Waals surface area contributed by atoms with E-state index in [1.807, 2.05) is 17.5 Å². The van der Waals surface area contributed by atoms with Crippen molar-refractivity contribution in [1.82, 2.24) is 15.2 Å². The molecule has 0 aliphatic heterocycles. The Morgan fingerprint density at radius 1 is 0.909 bits per heavy atom. The van der Waals surface area contributed by atoms with Crippen molar-refractivity contribution < 1.29 is 22.7 Å². The Balaban J connectivity index is 1.63. The lowest BCUT2D eigenvalue weighted by atomic mass is 10.2. The van der Waals surface area contributed by atoms with Crippen molar-refractivity contribution >= 4 is 33.2 Å². The predicted octanol–water partition coefficient (Wildman–Crippen LogP) is 3.43. The molecule has 0 fully saturated rings. The summed E-state index contributed by atoms with van der Waals surface area (Å²) in [5, 5.41) is 1.96. The number of amides is 2. The maximum absolute atomic E-state index is 12.7. The molecule has 0 unspecified atom stereocenters. The first-order valence-corrected chi connectivity index (χ1v) is 12.6. The normalized spacial score (nSPS) is 11.2. The van der Waals surface area contributed by atoms with Crippen LogP contribution in [0, 0.1) is 0 Å². The number of nitrogens with zero attached hydrogens (tertiary/aromatic N) is 1. The Labute approximate surface area is 197 Å². The predicted molar refractivity (Wildman–Crippen MR) is 127 cm³/mol. The van der Waals surface area contributed by atoms with Crippen LogP contribution in [0.4, 0.5) is 0 Å². The highest BCUT2D eigenvalue weighted by atomic mass is 32.2. The van der Waals surface area contributed by atoms with Gasteiger partial charge >= 0.3 is 0 Å². The standard InChI is InChI=1S/C23H25N3O5S2/c1-3-26(4-2)33(29,30)21-12-6-9-18(15-21)23(28)25-24-22(27)17-8-5-10-19(14-17)31-16-20-11-7-13-32-20/h5-15H,3-4,16H2,1-2H3,(H,24,27)(H,25,28). The van der Waals surface area contributed by atoms with Crippen molar-refractivity contribution in [1.29, 1.82) is 0 Å². The molecule has 2 aromatic carbocycles. The van der Waals surface area contributed by atoms with Crippen molar-refractivity contribution in [3.63, 3.8) is 0 Å². The average Bonchev–Trinajstić information content (AvgIpc) is 3.35. The first kappa shape index (κ1) is 24.4. The third kappa shape index (κ3) is 6.19. The van der Waals surface area contributed by atoms with Crippen LogP contribution in [0.5, 0.6) is 5.75 Å². The van der Waals surface area contributed by atoms with Gasteiger partial charge in [0.15, 0.2) is 0 Å². The van der Waals surface area contributed by atoms with Gasteiger partial charge in [0.05, 0.1) is 4.90 Å². The molecule has 174 valence electrons. The molecule has 0 saturated heterocycles.